The van der Waals surface area contributed by atoms with Crippen molar-refractivity contribution in [2.45, 2.75) is 25.5 Å². The Hall–Kier alpha value is -3.26. The maximum absolute atomic E-state index is 12.4. The Morgan fingerprint density at radius 3 is 2.80 bits per heavy atom. The number of ether oxygens (including phenoxy) is 1. The standard InChI is InChI=1S/C22H22N4O3S/c1-4-26-21(18-12-15-9-7-11-17(28-3)20(15)29-18)24-25-22(26)30-13-19(27)23-16-10-6-5-8-14(16)2/h5-12H,4,13H2,1-3H3,(H,23,27). The molecule has 0 aliphatic rings. The van der Waals surface area contributed by atoms with Crippen LogP contribution in [0.1, 0.15) is 12.5 Å². The molecule has 154 valence electrons. The first-order valence-corrected chi connectivity index (χ1v) is 10.6. The largest absolute Gasteiger partial charge is 0.493 e. The lowest BCUT2D eigenvalue weighted by atomic mass is 10.2. The summed E-state index contributed by atoms with van der Waals surface area (Å²) < 4.78 is 13.3. The van der Waals surface area contributed by atoms with Gasteiger partial charge in [0.1, 0.15) is 0 Å². The molecule has 2 aromatic heterocycles. The van der Waals surface area contributed by atoms with Crippen molar-refractivity contribution in [1.82, 2.24) is 14.8 Å². The molecule has 0 spiro atoms. The van der Waals surface area contributed by atoms with Gasteiger partial charge in [-0.2, -0.15) is 0 Å². The van der Waals surface area contributed by atoms with E-state index >= 15 is 0 Å². The van der Waals surface area contributed by atoms with Crippen LogP contribution >= 0.6 is 11.8 Å². The Kier molecular flexibility index (Phi) is 5.76. The predicted molar refractivity (Wildman–Crippen MR) is 118 cm³/mol. The molecule has 1 amide bonds. The summed E-state index contributed by atoms with van der Waals surface area (Å²) in [4.78, 5) is 12.4. The average molecular weight is 423 g/mol. The molecule has 30 heavy (non-hydrogen) atoms. The molecule has 0 saturated heterocycles. The quantitative estimate of drug-likeness (QED) is 0.433. The van der Waals surface area contributed by atoms with E-state index in [1.54, 1.807) is 7.11 Å². The van der Waals surface area contributed by atoms with Crippen LogP contribution in [-0.2, 0) is 11.3 Å². The van der Waals surface area contributed by atoms with Gasteiger partial charge in [-0.05, 0) is 37.6 Å². The lowest BCUT2D eigenvalue weighted by Gasteiger charge is -2.08. The second-order valence-corrected chi connectivity index (χ2v) is 7.63. The number of hydrogen-bond acceptors (Lipinski definition) is 6. The topological polar surface area (TPSA) is 82.2 Å². The summed E-state index contributed by atoms with van der Waals surface area (Å²) in [5, 5.41) is 13.1. The van der Waals surface area contributed by atoms with Crippen molar-refractivity contribution in [1.29, 1.82) is 0 Å². The van der Waals surface area contributed by atoms with E-state index in [0.29, 0.717) is 34.6 Å². The normalized spacial score (nSPS) is 11.0. The maximum atomic E-state index is 12.4. The minimum atomic E-state index is -0.0880. The van der Waals surface area contributed by atoms with E-state index in [9.17, 15) is 4.79 Å². The van der Waals surface area contributed by atoms with Crippen molar-refractivity contribution in [2.24, 2.45) is 0 Å². The number of thioether (sulfide) groups is 1. The summed E-state index contributed by atoms with van der Waals surface area (Å²) in [6.45, 7) is 4.62. The minimum Gasteiger partial charge on any atom is -0.493 e. The number of carbonyl (C=O) groups excluding carboxylic acids is 1. The number of hydrogen-bond donors (Lipinski definition) is 1. The Bertz CT molecular complexity index is 1200. The Labute approximate surface area is 178 Å². The van der Waals surface area contributed by atoms with Crippen LogP contribution in [0.4, 0.5) is 5.69 Å². The third-order valence-corrected chi connectivity index (χ3v) is 5.70. The number of fused-ring (bicyclic) bond motifs is 1. The number of benzene rings is 2. The maximum Gasteiger partial charge on any atom is 0.234 e. The van der Waals surface area contributed by atoms with Gasteiger partial charge < -0.3 is 14.5 Å². The van der Waals surface area contributed by atoms with Crippen LogP contribution in [0.25, 0.3) is 22.6 Å². The number of methoxy groups -OCH3 is 1. The molecule has 2 aromatic carbocycles. The van der Waals surface area contributed by atoms with Crippen LogP contribution in [0.3, 0.4) is 0 Å². The number of carbonyl (C=O) groups is 1. The molecule has 7 nitrogen and oxygen atoms in total. The van der Waals surface area contributed by atoms with Gasteiger partial charge in [0.05, 0.1) is 12.9 Å². The zero-order valence-corrected chi connectivity index (χ0v) is 17.8. The first kappa shape index (κ1) is 20.0. The number of aryl methyl sites for hydroxylation is 1. The summed E-state index contributed by atoms with van der Waals surface area (Å²) in [5.74, 6) is 2.05. The van der Waals surface area contributed by atoms with Gasteiger partial charge in [-0.1, -0.05) is 42.1 Å². The number of rotatable bonds is 7. The van der Waals surface area contributed by atoms with Gasteiger partial charge in [0.15, 0.2) is 22.2 Å². The van der Waals surface area contributed by atoms with E-state index in [-0.39, 0.29) is 11.7 Å². The van der Waals surface area contributed by atoms with E-state index in [0.717, 1.165) is 16.6 Å². The lowest BCUT2D eigenvalue weighted by Crippen LogP contribution is -2.15. The number of anilines is 1. The third kappa shape index (κ3) is 3.91. The van der Waals surface area contributed by atoms with Crippen molar-refractivity contribution in [3.63, 3.8) is 0 Å². The zero-order valence-electron chi connectivity index (χ0n) is 17.0. The number of nitrogens with one attached hydrogen (secondary N) is 1. The second-order valence-electron chi connectivity index (χ2n) is 6.69. The van der Waals surface area contributed by atoms with Crippen LogP contribution in [0.2, 0.25) is 0 Å². The molecule has 0 bridgehead atoms. The molecule has 0 unspecified atom stereocenters. The molecule has 0 fully saturated rings. The highest BCUT2D eigenvalue weighted by Crippen LogP contribution is 2.33. The monoisotopic (exact) mass is 422 g/mol. The van der Waals surface area contributed by atoms with Gasteiger partial charge >= 0.3 is 0 Å². The van der Waals surface area contributed by atoms with Gasteiger partial charge in [-0.25, -0.2) is 0 Å². The molecular weight excluding hydrogens is 400 g/mol. The number of furan rings is 1. The Balaban J connectivity index is 1.53. The van der Waals surface area contributed by atoms with Crippen LogP contribution < -0.4 is 10.1 Å². The van der Waals surface area contributed by atoms with E-state index in [1.807, 2.05) is 66.9 Å². The number of para-hydroxylation sites is 2. The molecular formula is C22H22N4O3S. The average Bonchev–Trinajstić information content (AvgIpc) is 3.37. The third-order valence-electron chi connectivity index (χ3n) is 4.73. The summed E-state index contributed by atoms with van der Waals surface area (Å²) in [6, 6.07) is 15.4. The molecule has 0 aliphatic carbocycles. The van der Waals surface area contributed by atoms with Crippen LogP contribution in [0.15, 0.2) is 58.1 Å². The fraction of sp³-hybridized carbons (Fsp3) is 0.227. The van der Waals surface area contributed by atoms with Crippen molar-refractivity contribution >= 4 is 34.3 Å². The van der Waals surface area contributed by atoms with E-state index in [4.69, 9.17) is 9.15 Å². The number of amides is 1. The summed E-state index contributed by atoms with van der Waals surface area (Å²) in [7, 11) is 1.61. The summed E-state index contributed by atoms with van der Waals surface area (Å²) in [5.41, 5.74) is 2.51. The highest BCUT2D eigenvalue weighted by atomic mass is 32.2. The first-order valence-electron chi connectivity index (χ1n) is 9.59. The zero-order chi connectivity index (χ0) is 21.1. The van der Waals surface area contributed by atoms with Crippen molar-refractivity contribution in [3.05, 3.63) is 54.1 Å². The minimum absolute atomic E-state index is 0.0880. The highest BCUT2D eigenvalue weighted by molar-refractivity contribution is 7.99. The molecule has 0 saturated carbocycles. The number of aromatic nitrogens is 3. The smallest absolute Gasteiger partial charge is 0.234 e. The summed E-state index contributed by atoms with van der Waals surface area (Å²) >= 11 is 1.35. The molecule has 1 N–H and O–H groups in total. The fourth-order valence-corrected chi connectivity index (χ4v) is 4.00. The fourth-order valence-electron chi connectivity index (χ4n) is 3.20. The van der Waals surface area contributed by atoms with Crippen molar-refractivity contribution in [3.8, 4) is 17.3 Å². The molecule has 0 atom stereocenters. The molecule has 0 aliphatic heterocycles. The second kappa shape index (κ2) is 8.62. The van der Waals surface area contributed by atoms with Gasteiger partial charge in [0.25, 0.3) is 0 Å². The lowest BCUT2D eigenvalue weighted by molar-refractivity contribution is -0.113. The summed E-state index contributed by atoms with van der Waals surface area (Å²) in [6.07, 6.45) is 0. The van der Waals surface area contributed by atoms with E-state index in [1.165, 1.54) is 11.8 Å². The van der Waals surface area contributed by atoms with Gasteiger partial charge in [-0.15, -0.1) is 10.2 Å². The van der Waals surface area contributed by atoms with Gasteiger partial charge in [0.2, 0.25) is 11.7 Å². The molecule has 4 aromatic rings. The van der Waals surface area contributed by atoms with Crippen LogP contribution in [0.5, 0.6) is 5.75 Å². The number of nitrogens with zero attached hydrogens (tertiary/aromatic N) is 3. The molecule has 4 rings (SSSR count). The predicted octanol–water partition coefficient (Wildman–Crippen LogP) is 4.76. The van der Waals surface area contributed by atoms with Gasteiger partial charge in [0, 0.05) is 17.6 Å². The SMILES string of the molecule is CCn1c(SCC(=O)Nc2ccccc2C)nnc1-c1cc2cccc(OC)c2o1. The molecule has 0 radical (unpaired) electrons. The highest BCUT2D eigenvalue weighted by Gasteiger charge is 2.19. The van der Waals surface area contributed by atoms with Crippen molar-refractivity contribution in [2.75, 3.05) is 18.2 Å². The van der Waals surface area contributed by atoms with Crippen molar-refractivity contribution < 1.29 is 13.9 Å². The van der Waals surface area contributed by atoms with E-state index < -0.39 is 0 Å². The Morgan fingerprint density at radius 1 is 1.20 bits per heavy atom. The molecule has 8 heteroatoms. The Morgan fingerprint density at radius 2 is 2.03 bits per heavy atom. The van der Waals surface area contributed by atoms with Gasteiger partial charge in [-0.3, -0.25) is 9.36 Å². The van der Waals surface area contributed by atoms with Crippen LogP contribution in [0, 0.1) is 6.92 Å². The van der Waals surface area contributed by atoms with E-state index in [2.05, 4.69) is 15.5 Å². The van der Waals surface area contributed by atoms with Crippen LogP contribution in [-0.4, -0.2) is 33.5 Å². The molecule has 2 heterocycles. The first-order chi connectivity index (χ1) is 14.6.